The van der Waals surface area contributed by atoms with Crippen LogP contribution in [-0.4, -0.2) is 109 Å². The molecule has 0 radical (unpaired) electrons. The van der Waals surface area contributed by atoms with Crippen molar-refractivity contribution in [3.63, 3.8) is 0 Å². The van der Waals surface area contributed by atoms with E-state index in [0.29, 0.717) is 22.0 Å². The molecule has 0 aliphatic carbocycles. The van der Waals surface area contributed by atoms with Gasteiger partial charge in [-0.3, -0.25) is 33.6 Å². The molecule has 4 aliphatic rings. The maximum Gasteiger partial charge on any atom is 0.333 e. The summed E-state index contributed by atoms with van der Waals surface area (Å²) in [6.07, 6.45) is 0.837. The molecular formula is C62H47Cl6N7O15. The summed E-state index contributed by atoms with van der Waals surface area (Å²) in [4.78, 5) is 122. The average Bonchev–Trinajstić information content (AvgIpc) is 1.26. The van der Waals surface area contributed by atoms with Crippen molar-refractivity contribution >= 4 is 128 Å². The first-order chi connectivity index (χ1) is 42.8. The van der Waals surface area contributed by atoms with Gasteiger partial charge in [0.15, 0.2) is 34.8 Å². The van der Waals surface area contributed by atoms with Crippen molar-refractivity contribution in [3.05, 3.63) is 191 Å². The standard InChI is InChI=1S/C62H47Cl6N7O15/c1-75-45(57(83)74-50(62(88)89-2)26-5-8-33(76)9-6-26)13-25-3-10-34(11-4-25)90-46-23-28-14-36(52(46)78)27-7-12-35-32(24-69-43(35)21-27)22-44(70-60(86)51(77)31-19-41(67)55(81)42(68)20-31)56(82)71-48(29-15-37(63)53(79)38(64)16-29)58(84)72-47(28)59(85)73-49(61(75)87)30-17-39(65)54(80)40(66)18-30/h3-12,14-21,23-24,44-45,47-50,69,76,78-81H,13,22H2,1-2H3,(H,70,86)(H,71,82)(H,72,84)(H,73,85)(H,74,83)/t44-,45+,47-,48-,49+,50-/m1/s1. The van der Waals surface area contributed by atoms with Gasteiger partial charge in [0.25, 0.3) is 5.91 Å². The molecule has 1 aromatic heterocycles. The van der Waals surface area contributed by atoms with Crippen LogP contribution < -0.4 is 31.3 Å². The zero-order valence-corrected chi connectivity index (χ0v) is 51.0. The van der Waals surface area contributed by atoms with Crippen LogP contribution in [-0.2, 0) is 51.1 Å². The highest BCUT2D eigenvalue weighted by Crippen LogP contribution is 2.45. The number of nitrogens with zero attached hydrogens (tertiary/aromatic N) is 1. The number of aromatic hydroxyl groups is 5. The van der Waals surface area contributed by atoms with E-state index in [0.717, 1.165) is 48.4 Å². The molecule has 12 rings (SSSR count). The van der Waals surface area contributed by atoms with Gasteiger partial charge in [0.1, 0.15) is 41.7 Å². The lowest BCUT2D eigenvalue weighted by atomic mass is 9.94. The number of halogens is 6. The number of H-pyrrole nitrogens is 1. The molecular weight excluding hydrogens is 1300 g/mol. The fourth-order valence-corrected chi connectivity index (χ4v) is 11.8. The number of ether oxygens (including phenoxy) is 2. The van der Waals surface area contributed by atoms with Gasteiger partial charge in [-0.25, -0.2) is 4.79 Å². The van der Waals surface area contributed by atoms with Gasteiger partial charge in [-0.1, -0.05) is 106 Å². The Bertz CT molecular complexity index is 4230. The quantitative estimate of drug-likeness (QED) is 0.0364. The van der Waals surface area contributed by atoms with Gasteiger partial charge in [-0.05, 0) is 118 Å². The topological polar surface area (TPSA) is 335 Å². The van der Waals surface area contributed by atoms with Crippen molar-refractivity contribution in [1.82, 2.24) is 36.5 Å². The lowest BCUT2D eigenvalue weighted by Gasteiger charge is -2.33. The number of fused-ring (bicyclic) bond motifs is 15. The Balaban J connectivity index is 1.15. The molecule has 0 saturated heterocycles. The van der Waals surface area contributed by atoms with Crippen molar-refractivity contribution in [2.24, 2.45) is 0 Å². The number of phenolic OH excluding ortho intramolecular Hbond substituents is 5. The minimum absolute atomic E-state index is 0.00773. The normalized spacial score (nSPS) is 18.1. The molecule has 5 heterocycles. The van der Waals surface area contributed by atoms with Crippen molar-refractivity contribution in [1.29, 1.82) is 0 Å². The van der Waals surface area contributed by atoms with E-state index in [1.807, 2.05) is 0 Å². The molecule has 90 heavy (non-hydrogen) atoms. The van der Waals surface area contributed by atoms with E-state index < -0.39 is 133 Å². The highest BCUT2D eigenvalue weighted by atomic mass is 35.5. The number of carbonyl (C=O) groups excluding carboxylic acids is 8. The van der Waals surface area contributed by atoms with Crippen LogP contribution in [0.25, 0.3) is 22.0 Å². The summed E-state index contributed by atoms with van der Waals surface area (Å²) in [5.41, 5.74) is 0.707. The number of hydrogen-bond donors (Lipinski definition) is 11. The van der Waals surface area contributed by atoms with Crippen LogP contribution in [0.15, 0.2) is 121 Å². The van der Waals surface area contributed by atoms with Crippen LogP contribution in [0.1, 0.15) is 67.9 Å². The number of hydrogen-bond acceptors (Lipinski definition) is 15. The number of aromatic nitrogens is 1. The highest BCUT2D eigenvalue weighted by Gasteiger charge is 2.40. The van der Waals surface area contributed by atoms with E-state index in [1.165, 1.54) is 61.8 Å². The number of benzene rings is 7. The Morgan fingerprint density at radius 3 is 1.73 bits per heavy atom. The third-order valence-corrected chi connectivity index (χ3v) is 16.8. The van der Waals surface area contributed by atoms with Gasteiger partial charge < -0.3 is 71.5 Å². The van der Waals surface area contributed by atoms with Gasteiger partial charge in [-0.15, -0.1) is 0 Å². The van der Waals surface area contributed by atoms with Crippen LogP contribution in [0.3, 0.4) is 0 Å². The summed E-state index contributed by atoms with van der Waals surface area (Å²) in [5.74, 6) is -11.8. The molecule has 4 aliphatic heterocycles. The zero-order valence-electron chi connectivity index (χ0n) is 46.5. The second kappa shape index (κ2) is 26.0. The number of aromatic amines is 1. The number of likely N-dealkylation sites (N-methyl/N-ethyl adjacent to an activating group) is 1. The molecule has 6 amide bonds. The summed E-state index contributed by atoms with van der Waals surface area (Å²) in [6.45, 7) is 0. The van der Waals surface area contributed by atoms with E-state index >= 15 is 19.2 Å². The predicted octanol–water partition coefficient (Wildman–Crippen LogP) is 9.29. The van der Waals surface area contributed by atoms with E-state index in [9.17, 15) is 44.7 Å². The van der Waals surface area contributed by atoms with Crippen LogP contribution >= 0.6 is 69.6 Å². The minimum Gasteiger partial charge on any atom is -0.508 e. The number of ketones is 1. The summed E-state index contributed by atoms with van der Waals surface area (Å²) in [7, 11) is 2.32. The first-order valence-electron chi connectivity index (χ1n) is 26.8. The zero-order chi connectivity index (χ0) is 64.7. The maximum atomic E-state index is 15.8. The Kier molecular flexibility index (Phi) is 18.3. The Hall–Kier alpha value is -9.42. The number of amides is 6. The summed E-state index contributed by atoms with van der Waals surface area (Å²) in [6, 6.07) is 14.3. The van der Waals surface area contributed by atoms with E-state index in [-0.39, 0.29) is 72.7 Å². The van der Waals surface area contributed by atoms with Crippen LogP contribution in [0.4, 0.5) is 0 Å². The highest BCUT2D eigenvalue weighted by molar-refractivity contribution is 6.45. The third-order valence-electron chi connectivity index (χ3n) is 15.1. The van der Waals surface area contributed by atoms with E-state index in [4.69, 9.17) is 79.1 Å². The Morgan fingerprint density at radius 1 is 0.622 bits per heavy atom. The molecule has 8 aromatic rings. The number of esters is 1. The molecule has 0 spiro atoms. The number of Topliss-reactive ketones (excluding diaryl/α,β-unsaturated/α-hetero) is 1. The smallest absolute Gasteiger partial charge is 0.333 e. The van der Waals surface area contributed by atoms with Crippen molar-refractivity contribution in [3.8, 4) is 51.4 Å². The summed E-state index contributed by atoms with van der Waals surface area (Å²) >= 11 is 38.1. The molecule has 22 nitrogen and oxygen atoms in total. The number of methoxy groups -OCH3 is 1. The van der Waals surface area contributed by atoms with Crippen molar-refractivity contribution in [2.45, 2.75) is 49.1 Å². The van der Waals surface area contributed by atoms with E-state index in [2.05, 4.69) is 31.6 Å². The monoisotopic (exact) mass is 1340 g/mol. The van der Waals surface area contributed by atoms with Gasteiger partial charge >= 0.3 is 5.97 Å². The fourth-order valence-electron chi connectivity index (χ4n) is 10.3. The SMILES string of the molecule is COC(=O)[C@H](NC(=O)[C@@H]1Cc2ccc(cc2)Oc2cc3cc(c2O)-c2ccc4c(c[nH]c4c2)C[C@@H](NC(=O)C(=O)c2cc(Cl)c(O)c(Cl)c2)C(=O)N[C@H](c2cc(Cl)c(O)c(Cl)c2)C(=O)N[C@H]3C(=O)N[C@@H](c2cc(Cl)c(O)c(Cl)c2)C(=O)N1C)c1ccc(O)cc1. The van der Waals surface area contributed by atoms with Crippen LogP contribution in [0.5, 0.6) is 40.2 Å². The third kappa shape index (κ3) is 13.0. The molecule has 0 saturated carbocycles. The fraction of sp³-hybridized carbons (Fsp3) is 0.161. The van der Waals surface area contributed by atoms with E-state index in [1.54, 1.807) is 30.3 Å². The molecule has 28 heteroatoms. The number of nitrogens with one attached hydrogen (secondary N) is 6. The molecule has 0 fully saturated rings. The first kappa shape index (κ1) is 63.6. The predicted molar refractivity (Wildman–Crippen MR) is 330 cm³/mol. The largest absolute Gasteiger partial charge is 0.508 e. The Labute approximate surface area is 539 Å². The molecule has 9 bridgehead atoms. The number of phenols is 5. The average molecular weight is 1340 g/mol. The first-order valence-corrected chi connectivity index (χ1v) is 29.0. The maximum absolute atomic E-state index is 15.8. The van der Waals surface area contributed by atoms with Gasteiger partial charge in [0, 0.05) is 48.1 Å². The van der Waals surface area contributed by atoms with Gasteiger partial charge in [0.05, 0.1) is 37.2 Å². The molecule has 7 aromatic carbocycles. The summed E-state index contributed by atoms with van der Waals surface area (Å²) < 4.78 is 11.4. The lowest BCUT2D eigenvalue weighted by molar-refractivity contribution is -0.147. The summed E-state index contributed by atoms with van der Waals surface area (Å²) in [5, 5.41) is 65.1. The minimum atomic E-state index is -2.06. The van der Waals surface area contributed by atoms with Crippen molar-refractivity contribution in [2.75, 3.05) is 14.2 Å². The number of rotatable bonds is 9. The number of carbonyl (C=O) groups is 8. The lowest BCUT2D eigenvalue weighted by Crippen LogP contribution is -2.55. The van der Waals surface area contributed by atoms with Crippen LogP contribution in [0.2, 0.25) is 30.1 Å². The molecule has 11 N–H and O–H groups in total. The second-order valence-corrected chi connectivity index (χ2v) is 23.2. The molecule has 462 valence electrons. The molecule has 6 atom stereocenters. The molecule has 0 unspecified atom stereocenters. The van der Waals surface area contributed by atoms with Gasteiger partial charge in [-0.2, -0.15) is 0 Å². The second-order valence-electron chi connectivity index (χ2n) is 20.8. The Morgan fingerprint density at radius 2 is 1.16 bits per heavy atom. The van der Waals surface area contributed by atoms with Crippen molar-refractivity contribution < 1.29 is 73.4 Å². The van der Waals surface area contributed by atoms with Gasteiger partial charge in [0.2, 0.25) is 35.3 Å². The van der Waals surface area contributed by atoms with Crippen LogP contribution in [0, 0.1) is 0 Å².